The molecule has 0 spiro atoms. The van der Waals surface area contributed by atoms with E-state index in [-0.39, 0.29) is 25.4 Å². The maximum absolute atomic E-state index is 14.6. The van der Waals surface area contributed by atoms with Crippen molar-refractivity contribution in [3.63, 3.8) is 0 Å². The Kier molecular flexibility index (Phi) is 7.30. The van der Waals surface area contributed by atoms with Gasteiger partial charge in [0.05, 0.1) is 37.7 Å². The van der Waals surface area contributed by atoms with E-state index in [4.69, 9.17) is 9.47 Å². The number of hydrogen-bond acceptors (Lipinski definition) is 6. The predicted octanol–water partition coefficient (Wildman–Crippen LogP) is 1.16. The van der Waals surface area contributed by atoms with Crippen LogP contribution in [0.25, 0.3) is 0 Å². The van der Waals surface area contributed by atoms with Gasteiger partial charge in [-0.1, -0.05) is 0 Å². The average molecular weight is 444 g/mol. The second kappa shape index (κ2) is 9.74. The number of amides is 2. The first-order valence-corrected chi connectivity index (χ1v) is 12.9. The third-order valence-electron chi connectivity index (χ3n) is 5.10. The van der Waals surface area contributed by atoms with Gasteiger partial charge in [-0.25, -0.2) is 9.18 Å². The summed E-state index contributed by atoms with van der Waals surface area (Å²) in [5.74, 6) is -0.0412. The minimum atomic E-state index is -2.12. The Morgan fingerprint density at radius 2 is 2.03 bits per heavy atom. The predicted molar refractivity (Wildman–Crippen MR) is 116 cm³/mol. The Bertz CT molecular complexity index is 825. The fourth-order valence-electron chi connectivity index (χ4n) is 3.50. The fourth-order valence-corrected chi connectivity index (χ4v) is 4.42. The highest BCUT2D eigenvalue weighted by Gasteiger charge is 2.33. The quantitative estimate of drug-likeness (QED) is 0.587. The monoisotopic (exact) mass is 443 g/mol. The maximum atomic E-state index is 14.6. The van der Waals surface area contributed by atoms with Crippen LogP contribution in [-0.2, 0) is 24.2 Å². The molecule has 0 bridgehead atoms. The van der Waals surface area contributed by atoms with Crippen molar-refractivity contribution in [1.82, 2.24) is 5.32 Å². The number of halogens is 1. The van der Waals surface area contributed by atoms with Gasteiger partial charge in [0.2, 0.25) is 5.91 Å². The summed E-state index contributed by atoms with van der Waals surface area (Å²) in [6, 6.07) is 4.70. The smallest absolute Gasteiger partial charge is 0.414 e. The van der Waals surface area contributed by atoms with Gasteiger partial charge in [0.15, 0.2) is 0 Å². The maximum Gasteiger partial charge on any atom is 0.414 e. The zero-order valence-corrected chi connectivity index (χ0v) is 18.3. The van der Waals surface area contributed by atoms with Gasteiger partial charge >= 0.3 is 6.09 Å². The minimum absolute atomic E-state index is 0.168. The van der Waals surface area contributed by atoms with Crippen LogP contribution in [0.5, 0.6) is 0 Å². The van der Waals surface area contributed by atoms with Gasteiger partial charge in [-0.15, -0.1) is 9.93 Å². The van der Waals surface area contributed by atoms with Crippen molar-refractivity contribution < 1.29 is 27.7 Å². The fraction of sp³-hybridized carbons (Fsp3) is 0.600. The van der Waals surface area contributed by atoms with Crippen LogP contribution >= 0.6 is 0 Å². The molecular formula is C20H30FN3O5S. The molecule has 3 rings (SSSR count). The molecule has 0 aliphatic carbocycles. The Morgan fingerprint density at radius 1 is 1.30 bits per heavy atom. The molecule has 0 unspecified atom stereocenters. The first-order chi connectivity index (χ1) is 14.2. The standard InChI is InChI=1S/C20H30FN3O5S/c1-30(2,27)11-3-4-19(25)22-13-16-14-24(20(26)29-16)15-5-6-18(17(21)12-15)23-7-9-28-10-8-23/h5-6,12,16,30H,3-4,7-11,13-14H2,1-2H3,(H,22,25)/t16-/m0/s1. The SMILES string of the molecule is C[SH](C)(=O)CCCC(=O)NC[C@H]1CN(c2ccc(N3CCOCC3)c(F)c2)C(=O)O1. The van der Waals surface area contributed by atoms with Crippen molar-refractivity contribution >= 4 is 33.3 Å². The number of rotatable bonds is 8. The molecule has 1 aromatic carbocycles. The van der Waals surface area contributed by atoms with Crippen LogP contribution < -0.4 is 15.1 Å². The number of ether oxygens (including phenoxy) is 2. The lowest BCUT2D eigenvalue weighted by Crippen LogP contribution is -2.37. The van der Waals surface area contributed by atoms with Gasteiger partial charge in [-0.05, 0) is 37.1 Å². The molecule has 1 N–H and O–H groups in total. The number of hydrogen-bond donors (Lipinski definition) is 2. The molecule has 30 heavy (non-hydrogen) atoms. The summed E-state index contributed by atoms with van der Waals surface area (Å²) in [5.41, 5.74) is 0.909. The lowest BCUT2D eigenvalue weighted by Gasteiger charge is -2.29. The van der Waals surface area contributed by atoms with E-state index in [1.807, 2.05) is 4.90 Å². The molecular weight excluding hydrogens is 413 g/mol. The Hall–Kier alpha value is -2.20. The van der Waals surface area contributed by atoms with Crippen molar-refractivity contribution in [2.45, 2.75) is 18.9 Å². The van der Waals surface area contributed by atoms with Crippen molar-refractivity contribution in [2.24, 2.45) is 0 Å². The highest BCUT2D eigenvalue weighted by molar-refractivity contribution is 8.01. The van der Waals surface area contributed by atoms with Crippen LogP contribution in [0, 0.1) is 5.82 Å². The largest absolute Gasteiger partial charge is 0.442 e. The zero-order chi connectivity index (χ0) is 21.7. The number of thiol groups is 1. The average Bonchev–Trinajstić information content (AvgIpc) is 3.06. The van der Waals surface area contributed by atoms with Crippen LogP contribution in [0.3, 0.4) is 0 Å². The lowest BCUT2D eigenvalue weighted by atomic mass is 10.2. The molecule has 2 aliphatic rings. The first kappa shape index (κ1) is 22.5. The highest BCUT2D eigenvalue weighted by Crippen LogP contribution is 2.28. The molecule has 0 saturated carbocycles. The van der Waals surface area contributed by atoms with Gasteiger partial charge in [0.25, 0.3) is 0 Å². The summed E-state index contributed by atoms with van der Waals surface area (Å²) in [4.78, 5) is 27.4. The summed E-state index contributed by atoms with van der Waals surface area (Å²) >= 11 is 0. The Balaban J connectivity index is 1.51. The molecule has 2 fully saturated rings. The van der Waals surface area contributed by atoms with E-state index in [9.17, 15) is 18.2 Å². The number of cyclic esters (lactones) is 1. The van der Waals surface area contributed by atoms with Gasteiger partial charge in [0, 0.05) is 25.3 Å². The number of nitrogens with zero attached hydrogens (tertiary/aromatic N) is 2. The van der Waals surface area contributed by atoms with E-state index >= 15 is 0 Å². The van der Waals surface area contributed by atoms with E-state index in [1.165, 1.54) is 11.0 Å². The lowest BCUT2D eigenvalue weighted by molar-refractivity contribution is -0.121. The molecule has 1 aromatic rings. The zero-order valence-electron chi connectivity index (χ0n) is 17.4. The van der Waals surface area contributed by atoms with Crippen molar-refractivity contribution in [3.8, 4) is 0 Å². The number of carbonyl (C=O) groups excluding carboxylic acids is 2. The van der Waals surface area contributed by atoms with Crippen LogP contribution in [0.15, 0.2) is 18.2 Å². The molecule has 0 radical (unpaired) electrons. The molecule has 2 amide bonds. The van der Waals surface area contributed by atoms with Gasteiger partial charge < -0.3 is 19.7 Å². The van der Waals surface area contributed by atoms with E-state index in [0.717, 1.165) is 0 Å². The van der Waals surface area contributed by atoms with E-state index in [1.54, 1.807) is 24.6 Å². The second-order valence-corrected chi connectivity index (χ2v) is 11.7. The highest BCUT2D eigenvalue weighted by atomic mass is 32.2. The van der Waals surface area contributed by atoms with Crippen LogP contribution in [0.4, 0.5) is 20.6 Å². The molecule has 2 heterocycles. The molecule has 1 atom stereocenters. The van der Waals surface area contributed by atoms with Crippen LogP contribution in [0.1, 0.15) is 12.8 Å². The molecule has 2 aliphatic heterocycles. The van der Waals surface area contributed by atoms with E-state index < -0.39 is 27.9 Å². The first-order valence-electron chi connectivity index (χ1n) is 10.1. The summed E-state index contributed by atoms with van der Waals surface area (Å²) < 4.78 is 36.9. The van der Waals surface area contributed by atoms with Crippen molar-refractivity contribution in [2.75, 3.05) is 67.5 Å². The summed E-state index contributed by atoms with van der Waals surface area (Å²) in [6.45, 7) is 2.78. The summed E-state index contributed by atoms with van der Waals surface area (Å²) in [6.07, 6.45) is 3.17. The van der Waals surface area contributed by atoms with Crippen molar-refractivity contribution in [1.29, 1.82) is 0 Å². The number of anilines is 2. The molecule has 2 saturated heterocycles. The molecule has 0 aromatic heterocycles. The Labute approximate surface area is 177 Å². The van der Waals surface area contributed by atoms with Crippen molar-refractivity contribution in [3.05, 3.63) is 24.0 Å². The number of benzene rings is 1. The van der Waals surface area contributed by atoms with Crippen LogP contribution in [0.2, 0.25) is 0 Å². The van der Waals surface area contributed by atoms with Gasteiger partial charge in [-0.3, -0.25) is 13.9 Å². The third-order valence-corrected chi connectivity index (χ3v) is 6.49. The number of morpholine rings is 1. The van der Waals surface area contributed by atoms with E-state index in [2.05, 4.69) is 5.32 Å². The van der Waals surface area contributed by atoms with Gasteiger partial charge in [0.1, 0.15) is 11.9 Å². The normalized spacial score (nSPS) is 20.2. The van der Waals surface area contributed by atoms with Gasteiger partial charge in [-0.2, -0.15) is 0 Å². The minimum Gasteiger partial charge on any atom is -0.442 e. The summed E-state index contributed by atoms with van der Waals surface area (Å²) in [7, 11) is -2.12. The Morgan fingerprint density at radius 3 is 2.70 bits per heavy atom. The topological polar surface area (TPSA) is 88.2 Å². The molecule has 168 valence electrons. The van der Waals surface area contributed by atoms with Crippen LogP contribution in [-0.4, -0.2) is 80.0 Å². The number of carbonyl (C=O) groups is 2. The third kappa shape index (κ3) is 6.15. The number of nitrogens with one attached hydrogen (secondary N) is 1. The summed E-state index contributed by atoms with van der Waals surface area (Å²) in [5, 5.41) is 2.74. The molecule has 10 heteroatoms. The second-order valence-electron chi connectivity index (χ2n) is 8.06. The van der Waals surface area contributed by atoms with E-state index in [0.29, 0.717) is 49.9 Å². The molecule has 8 nitrogen and oxygen atoms in total.